The number of halogens is 1. The SMILES string of the molecule is N#CC(Nc1cccc(Br)c1)c1cccc2ccccc12. The van der Waals surface area contributed by atoms with Crippen LogP contribution in [0.15, 0.2) is 71.2 Å². The molecule has 102 valence electrons. The van der Waals surface area contributed by atoms with Crippen molar-refractivity contribution in [1.29, 1.82) is 5.26 Å². The molecule has 1 N–H and O–H groups in total. The first-order chi connectivity index (χ1) is 10.3. The normalized spacial score (nSPS) is 11.8. The first kappa shape index (κ1) is 13.7. The second-order valence-corrected chi connectivity index (χ2v) is 5.70. The average molecular weight is 337 g/mol. The summed E-state index contributed by atoms with van der Waals surface area (Å²) in [5.41, 5.74) is 1.92. The lowest BCUT2D eigenvalue weighted by molar-refractivity contribution is 1.01. The van der Waals surface area contributed by atoms with Crippen LogP contribution in [0.4, 0.5) is 5.69 Å². The van der Waals surface area contributed by atoms with Gasteiger partial charge in [-0.15, -0.1) is 0 Å². The van der Waals surface area contributed by atoms with Crippen molar-refractivity contribution < 1.29 is 0 Å². The number of rotatable bonds is 3. The van der Waals surface area contributed by atoms with Gasteiger partial charge in [0.25, 0.3) is 0 Å². The summed E-state index contributed by atoms with van der Waals surface area (Å²) >= 11 is 3.45. The highest BCUT2D eigenvalue weighted by Gasteiger charge is 2.13. The molecule has 0 aliphatic carbocycles. The monoisotopic (exact) mass is 336 g/mol. The molecule has 3 rings (SSSR count). The summed E-state index contributed by atoms with van der Waals surface area (Å²) in [6, 6.07) is 24.0. The van der Waals surface area contributed by atoms with Crippen molar-refractivity contribution in [3.05, 3.63) is 76.8 Å². The smallest absolute Gasteiger partial charge is 0.140 e. The van der Waals surface area contributed by atoms with Gasteiger partial charge in [-0.1, -0.05) is 64.5 Å². The van der Waals surface area contributed by atoms with Crippen LogP contribution in [0, 0.1) is 11.3 Å². The van der Waals surface area contributed by atoms with Crippen molar-refractivity contribution in [1.82, 2.24) is 0 Å². The molecule has 0 fully saturated rings. The van der Waals surface area contributed by atoms with E-state index < -0.39 is 0 Å². The van der Waals surface area contributed by atoms with E-state index in [1.54, 1.807) is 0 Å². The minimum absolute atomic E-state index is 0.384. The fraction of sp³-hybridized carbons (Fsp3) is 0.0556. The van der Waals surface area contributed by atoms with Gasteiger partial charge in [0.05, 0.1) is 6.07 Å². The van der Waals surface area contributed by atoms with E-state index in [-0.39, 0.29) is 6.04 Å². The summed E-state index contributed by atoms with van der Waals surface area (Å²) in [5.74, 6) is 0. The number of nitrogens with zero attached hydrogens (tertiary/aromatic N) is 1. The van der Waals surface area contributed by atoms with Gasteiger partial charge in [-0.2, -0.15) is 5.26 Å². The molecule has 0 saturated carbocycles. The molecular weight excluding hydrogens is 324 g/mol. The van der Waals surface area contributed by atoms with E-state index in [0.29, 0.717) is 0 Å². The van der Waals surface area contributed by atoms with E-state index in [9.17, 15) is 5.26 Å². The van der Waals surface area contributed by atoms with Crippen molar-refractivity contribution >= 4 is 32.4 Å². The van der Waals surface area contributed by atoms with Crippen LogP contribution in [0.25, 0.3) is 10.8 Å². The number of benzene rings is 3. The Morgan fingerprint density at radius 3 is 2.52 bits per heavy atom. The van der Waals surface area contributed by atoms with Crippen molar-refractivity contribution in [3.8, 4) is 6.07 Å². The standard InChI is InChI=1S/C18H13BrN2/c19-14-7-4-8-15(11-14)21-18(12-20)17-10-3-6-13-5-1-2-9-16(13)17/h1-11,18,21H. The minimum Gasteiger partial charge on any atom is -0.366 e. The Balaban J connectivity index is 2.01. The van der Waals surface area contributed by atoms with Gasteiger partial charge < -0.3 is 5.32 Å². The predicted molar refractivity (Wildman–Crippen MR) is 90.1 cm³/mol. The van der Waals surface area contributed by atoms with Gasteiger partial charge >= 0.3 is 0 Å². The van der Waals surface area contributed by atoms with Crippen LogP contribution >= 0.6 is 15.9 Å². The van der Waals surface area contributed by atoms with Crippen LogP contribution in [0.5, 0.6) is 0 Å². The van der Waals surface area contributed by atoms with Gasteiger partial charge in [0, 0.05) is 10.2 Å². The molecule has 0 aromatic heterocycles. The third kappa shape index (κ3) is 2.91. The molecule has 0 bridgehead atoms. The number of fused-ring (bicyclic) bond motifs is 1. The maximum absolute atomic E-state index is 9.55. The molecule has 2 nitrogen and oxygen atoms in total. The zero-order valence-electron chi connectivity index (χ0n) is 11.3. The van der Waals surface area contributed by atoms with E-state index in [1.165, 1.54) is 0 Å². The fourth-order valence-corrected chi connectivity index (χ4v) is 2.83. The molecule has 0 radical (unpaired) electrons. The van der Waals surface area contributed by atoms with Crippen LogP contribution in [0.1, 0.15) is 11.6 Å². The molecular formula is C18H13BrN2. The third-order valence-electron chi connectivity index (χ3n) is 3.40. The molecule has 0 heterocycles. The molecule has 1 atom stereocenters. The van der Waals surface area contributed by atoms with Gasteiger partial charge in [-0.25, -0.2) is 0 Å². The molecule has 0 amide bonds. The Morgan fingerprint density at radius 1 is 0.952 bits per heavy atom. The lowest BCUT2D eigenvalue weighted by Crippen LogP contribution is -2.08. The second kappa shape index (κ2) is 5.99. The zero-order valence-corrected chi connectivity index (χ0v) is 12.8. The van der Waals surface area contributed by atoms with Crippen LogP contribution in [-0.2, 0) is 0 Å². The maximum Gasteiger partial charge on any atom is 0.140 e. The summed E-state index contributed by atoms with van der Waals surface area (Å²) in [6.45, 7) is 0. The van der Waals surface area contributed by atoms with Crippen molar-refractivity contribution in [2.24, 2.45) is 0 Å². The van der Waals surface area contributed by atoms with Crippen molar-refractivity contribution in [3.63, 3.8) is 0 Å². The van der Waals surface area contributed by atoms with E-state index in [4.69, 9.17) is 0 Å². The van der Waals surface area contributed by atoms with Crippen LogP contribution in [0.2, 0.25) is 0 Å². The average Bonchev–Trinajstić information content (AvgIpc) is 2.52. The molecule has 0 aliphatic rings. The number of hydrogen-bond acceptors (Lipinski definition) is 2. The first-order valence-corrected chi connectivity index (χ1v) is 7.46. The zero-order chi connectivity index (χ0) is 14.7. The van der Waals surface area contributed by atoms with Crippen LogP contribution in [-0.4, -0.2) is 0 Å². The lowest BCUT2D eigenvalue weighted by Gasteiger charge is -2.15. The highest BCUT2D eigenvalue weighted by atomic mass is 79.9. The second-order valence-electron chi connectivity index (χ2n) is 4.79. The molecule has 3 heteroatoms. The van der Waals surface area contributed by atoms with Crippen molar-refractivity contribution in [2.45, 2.75) is 6.04 Å². The van der Waals surface area contributed by atoms with E-state index in [0.717, 1.165) is 26.5 Å². The van der Waals surface area contributed by atoms with Gasteiger partial charge in [0.1, 0.15) is 6.04 Å². The summed E-state index contributed by atoms with van der Waals surface area (Å²) in [4.78, 5) is 0. The highest BCUT2D eigenvalue weighted by Crippen LogP contribution is 2.27. The Kier molecular flexibility index (Phi) is 3.89. The summed E-state index contributed by atoms with van der Waals surface area (Å²) < 4.78 is 0.988. The maximum atomic E-state index is 9.55. The Hall–Kier alpha value is -2.31. The number of anilines is 1. The largest absolute Gasteiger partial charge is 0.366 e. The first-order valence-electron chi connectivity index (χ1n) is 6.67. The van der Waals surface area contributed by atoms with Crippen LogP contribution in [0.3, 0.4) is 0 Å². The summed E-state index contributed by atoms with van der Waals surface area (Å²) in [6.07, 6.45) is 0. The van der Waals surface area contributed by atoms with Crippen molar-refractivity contribution in [2.75, 3.05) is 5.32 Å². The molecule has 0 saturated heterocycles. The topological polar surface area (TPSA) is 35.8 Å². The highest BCUT2D eigenvalue weighted by molar-refractivity contribution is 9.10. The Bertz CT molecular complexity index is 815. The molecule has 3 aromatic rings. The number of hydrogen-bond donors (Lipinski definition) is 1. The molecule has 21 heavy (non-hydrogen) atoms. The van der Waals surface area contributed by atoms with Gasteiger partial charge in [-0.05, 0) is 34.5 Å². The van der Waals surface area contributed by atoms with E-state index in [2.05, 4.69) is 45.5 Å². The number of nitriles is 1. The molecule has 0 aliphatic heterocycles. The Morgan fingerprint density at radius 2 is 1.71 bits per heavy atom. The lowest BCUT2D eigenvalue weighted by atomic mass is 9.99. The fourth-order valence-electron chi connectivity index (χ4n) is 2.43. The van der Waals surface area contributed by atoms with Gasteiger partial charge in [-0.3, -0.25) is 0 Å². The minimum atomic E-state index is -0.384. The quantitative estimate of drug-likeness (QED) is 0.706. The van der Waals surface area contributed by atoms with E-state index >= 15 is 0 Å². The van der Waals surface area contributed by atoms with Gasteiger partial charge in [0.15, 0.2) is 0 Å². The Labute approximate surface area is 132 Å². The number of nitrogens with one attached hydrogen (secondary N) is 1. The summed E-state index contributed by atoms with van der Waals surface area (Å²) in [7, 11) is 0. The third-order valence-corrected chi connectivity index (χ3v) is 3.89. The molecule has 0 spiro atoms. The van der Waals surface area contributed by atoms with Crippen LogP contribution < -0.4 is 5.32 Å². The van der Waals surface area contributed by atoms with E-state index in [1.807, 2.05) is 48.5 Å². The summed E-state index contributed by atoms with van der Waals surface area (Å²) in [5, 5.41) is 15.1. The van der Waals surface area contributed by atoms with Gasteiger partial charge in [0.2, 0.25) is 0 Å². The molecule has 1 unspecified atom stereocenters. The molecule has 3 aromatic carbocycles. The predicted octanol–water partition coefficient (Wildman–Crippen LogP) is 5.28.